The van der Waals surface area contributed by atoms with Gasteiger partial charge in [0.2, 0.25) is 5.89 Å². The Hall–Kier alpha value is -1.86. The van der Waals surface area contributed by atoms with Gasteiger partial charge in [-0.25, -0.2) is 4.79 Å². The summed E-state index contributed by atoms with van der Waals surface area (Å²) >= 11 is 1.78. The van der Waals surface area contributed by atoms with Crippen molar-refractivity contribution in [1.29, 1.82) is 0 Å². The van der Waals surface area contributed by atoms with E-state index in [0.717, 1.165) is 17.1 Å². The average Bonchev–Trinajstić information content (AvgIpc) is 2.96. The first kappa shape index (κ1) is 17.5. The molecule has 124 valence electrons. The van der Waals surface area contributed by atoms with Crippen molar-refractivity contribution in [3.8, 4) is 0 Å². The van der Waals surface area contributed by atoms with Crippen molar-refractivity contribution in [3.05, 3.63) is 47.1 Å². The third kappa shape index (κ3) is 5.07. The summed E-state index contributed by atoms with van der Waals surface area (Å²) in [5.74, 6) is 1.42. The van der Waals surface area contributed by atoms with Gasteiger partial charge in [-0.2, -0.15) is 16.7 Å². The first-order valence-corrected chi connectivity index (χ1v) is 8.49. The molecule has 2 aromatic rings. The van der Waals surface area contributed by atoms with Crippen molar-refractivity contribution < 1.29 is 14.4 Å². The Morgan fingerprint density at radius 1 is 1.35 bits per heavy atom. The lowest BCUT2D eigenvalue weighted by atomic mass is 10.1. The van der Waals surface area contributed by atoms with Crippen LogP contribution in [0.15, 0.2) is 28.8 Å². The number of aromatic nitrogens is 2. The fourth-order valence-electron chi connectivity index (χ4n) is 2.17. The zero-order valence-electron chi connectivity index (χ0n) is 13.5. The average molecular weight is 335 g/mol. The van der Waals surface area contributed by atoms with E-state index in [9.17, 15) is 4.79 Å². The van der Waals surface area contributed by atoms with Gasteiger partial charge in [0.1, 0.15) is 0 Å². The number of hydrogen-bond donors (Lipinski definition) is 1. The fourth-order valence-corrected chi connectivity index (χ4v) is 2.92. The normalized spacial score (nSPS) is 12.5. The second-order valence-corrected chi connectivity index (χ2v) is 6.94. The summed E-state index contributed by atoms with van der Waals surface area (Å²) in [5.41, 5.74) is 1.33. The van der Waals surface area contributed by atoms with E-state index in [2.05, 4.69) is 24.0 Å². The zero-order chi connectivity index (χ0) is 16.8. The molecule has 0 aliphatic carbocycles. The van der Waals surface area contributed by atoms with Crippen molar-refractivity contribution in [2.24, 2.45) is 0 Å². The van der Waals surface area contributed by atoms with Crippen molar-refractivity contribution >= 4 is 17.7 Å². The monoisotopic (exact) mass is 335 g/mol. The molecule has 0 aliphatic heterocycles. The second kappa shape index (κ2) is 8.12. The van der Waals surface area contributed by atoms with Gasteiger partial charge >= 0.3 is 5.97 Å². The Morgan fingerprint density at radius 2 is 2.04 bits per heavy atom. The molecular weight excluding hydrogens is 314 g/mol. The highest BCUT2D eigenvalue weighted by molar-refractivity contribution is 7.99. The standard InChI is InChI=1S/C16H21N3O3S/c1-4-23-11(2)15-17-14(22-18-15)10-19(3)9-12-5-7-13(8-6-12)16(20)21/h5-8,11H,4,9-10H2,1-3H3,(H,20,21). The second-order valence-electron chi connectivity index (χ2n) is 5.32. The van der Waals surface area contributed by atoms with Crippen LogP contribution in [0.5, 0.6) is 0 Å². The summed E-state index contributed by atoms with van der Waals surface area (Å²) in [5, 5.41) is 13.2. The first-order valence-electron chi connectivity index (χ1n) is 7.44. The molecule has 6 nitrogen and oxygen atoms in total. The van der Waals surface area contributed by atoms with Gasteiger partial charge in [0.05, 0.1) is 17.4 Å². The van der Waals surface area contributed by atoms with Crippen LogP contribution in [0.2, 0.25) is 0 Å². The van der Waals surface area contributed by atoms with Crippen LogP contribution >= 0.6 is 11.8 Å². The van der Waals surface area contributed by atoms with Crippen LogP contribution in [-0.2, 0) is 13.1 Å². The highest BCUT2D eigenvalue weighted by atomic mass is 32.2. The molecule has 23 heavy (non-hydrogen) atoms. The number of nitrogens with zero attached hydrogens (tertiary/aromatic N) is 3. The van der Waals surface area contributed by atoms with E-state index in [1.807, 2.05) is 24.1 Å². The van der Waals surface area contributed by atoms with Gasteiger partial charge in [-0.15, -0.1) is 0 Å². The van der Waals surface area contributed by atoms with E-state index in [-0.39, 0.29) is 5.25 Å². The summed E-state index contributed by atoms with van der Waals surface area (Å²) in [6.45, 7) is 5.40. The van der Waals surface area contributed by atoms with Gasteiger partial charge in [-0.1, -0.05) is 24.2 Å². The summed E-state index contributed by atoms with van der Waals surface area (Å²) in [4.78, 5) is 17.3. The van der Waals surface area contributed by atoms with Crippen LogP contribution in [-0.4, -0.2) is 38.9 Å². The molecule has 0 radical (unpaired) electrons. The molecule has 1 N–H and O–H groups in total. The summed E-state index contributed by atoms with van der Waals surface area (Å²) in [6, 6.07) is 6.86. The van der Waals surface area contributed by atoms with Gasteiger partial charge in [0.15, 0.2) is 5.82 Å². The van der Waals surface area contributed by atoms with E-state index in [0.29, 0.717) is 24.5 Å². The van der Waals surface area contributed by atoms with Crippen LogP contribution in [0.25, 0.3) is 0 Å². The lowest BCUT2D eigenvalue weighted by molar-refractivity contribution is 0.0697. The Labute approximate surface area is 139 Å². The van der Waals surface area contributed by atoms with Gasteiger partial charge in [0, 0.05) is 6.54 Å². The Morgan fingerprint density at radius 3 is 2.65 bits per heavy atom. The molecule has 0 fully saturated rings. The number of benzene rings is 1. The van der Waals surface area contributed by atoms with Gasteiger partial charge in [-0.05, 0) is 37.4 Å². The smallest absolute Gasteiger partial charge is 0.335 e. The van der Waals surface area contributed by atoms with Gasteiger partial charge in [0.25, 0.3) is 0 Å². The predicted molar refractivity (Wildman–Crippen MR) is 89.4 cm³/mol. The Kier molecular flexibility index (Phi) is 6.18. The molecule has 1 atom stereocenters. The van der Waals surface area contributed by atoms with E-state index in [4.69, 9.17) is 9.63 Å². The van der Waals surface area contributed by atoms with Crippen molar-refractivity contribution in [1.82, 2.24) is 15.0 Å². The molecule has 7 heteroatoms. The van der Waals surface area contributed by atoms with Crippen molar-refractivity contribution in [2.45, 2.75) is 32.2 Å². The number of carboxylic acid groups (broad SMARTS) is 1. The van der Waals surface area contributed by atoms with Crippen molar-refractivity contribution in [2.75, 3.05) is 12.8 Å². The molecule has 0 amide bonds. The maximum atomic E-state index is 10.8. The molecule has 1 aromatic heterocycles. The number of rotatable bonds is 8. The minimum absolute atomic E-state index is 0.228. The summed E-state index contributed by atoms with van der Waals surface area (Å²) in [6.07, 6.45) is 0. The first-order chi connectivity index (χ1) is 11.0. The van der Waals surface area contributed by atoms with Gasteiger partial charge in [-0.3, -0.25) is 4.90 Å². The maximum Gasteiger partial charge on any atom is 0.335 e. The summed E-state index contributed by atoms with van der Waals surface area (Å²) < 4.78 is 5.30. The van der Waals surface area contributed by atoms with Crippen LogP contribution in [0.4, 0.5) is 0 Å². The molecule has 2 rings (SSSR count). The van der Waals surface area contributed by atoms with E-state index < -0.39 is 5.97 Å². The lowest BCUT2D eigenvalue weighted by Gasteiger charge is -2.14. The number of carbonyl (C=O) groups is 1. The largest absolute Gasteiger partial charge is 0.478 e. The molecule has 0 aliphatic rings. The summed E-state index contributed by atoms with van der Waals surface area (Å²) in [7, 11) is 1.96. The number of aromatic carboxylic acids is 1. The Balaban J connectivity index is 1.91. The third-order valence-electron chi connectivity index (χ3n) is 3.32. The SMILES string of the molecule is CCSC(C)c1noc(CN(C)Cc2ccc(C(=O)O)cc2)n1. The minimum atomic E-state index is -0.914. The van der Waals surface area contributed by atoms with E-state index >= 15 is 0 Å². The number of thioether (sulfide) groups is 1. The molecule has 0 saturated carbocycles. The predicted octanol–water partition coefficient (Wildman–Crippen LogP) is 3.21. The quantitative estimate of drug-likeness (QED) is 0.793. The highest BCUT2D eigenvalue weighted by Gasteiger charge is 2.14. The number of hydrogen-bond acceptors (Lipinski definition) is 6. The van der Waals surface area contributed by atoms with E-state index in [1.165, 1.54) is 0 Å². The Bertz CT molecular complexity index is 642. The van der Waals surface area contributed by atoms with Crippen molar-refractivity contribution in [3.63, 3.8) is 0 Å². The molecule has 0 bridgehead atoms. The molecular formula is C16H21N3O3S. The topological polar surface area (TPSA) is 79.5 Å². The highest BCUT2D eigenvalue weighted by Crippen LogP contribution is 2.25. The molecule has 0 spiro atoms. The lowest BCUT2D eigenvalue weighted by Crippen LogP contribution is -2.17. The minimum Gasteiger partial charge on any atom is -0.478 e. The van der Waals surface area contributed by atoms with Crippen LogP contribution < -0.4 is 0 Å². The van der Waals surface area contributed by atoms with Crippen LogP contribution in [0.1, 0.15) is 46.7 Å². The number of carboxylic acids is 1. The van der Waals surface area contributed by atoms with Crippen LogP contribution in [0, 0.1) is 0 Å². The van der Waals surface area contributed by atoms with E-state index in [1.54, 1.807) is 23.9 Å². The zero-order valence-corrected chi connectivity index (χ0v) is 14.3. The maximum absolute atomic E-state index is 10.8. The van der Waals surface area contributed by atoms with Gasteiger partial charge < -0.3 is 9.63 Å². The van der Waals surface area contributed by atoms with Crippen LogP contribution in [0.3, 0.4) is 0 Å². The third-order valence-corrected chi connectivity index (χ3v) is 4.37. The molecule has 1 unspecified atom stereocenters. The molecule has 0 saturated heterocycles. The molecule has 1 aromatic carbocycles. The fraction of sp³-hybridized carbons (Fsp3) is 0.438. The molecule has 1 heterocycles.